The fraction of sp³-hybridized carbons (Fsp3) is 0.909. The average Bonchev–Trinajstić information content (AvgIpc) is 2.69. The summed E-state index contributed by atoms with van der Waals surface area (Å²) in [5.74, 6) is 1.09. The largest absolute Gasteiger partial charge is 0.355 e. The van der Waals surface area contributed by atoms with Gasteiger partial charge in [0.25, 0.3) is 0 Å². The first-order valence-corrected chi connectivity index (χ1v) is 6.77. The van der Waals surface area contributed by atoms with E-state index in [4.69, 9.17) is 0 Å². The molecule has 82 valence electrons. The van der Waals surface area contributed by atoms with Crippen molar-refractivity contribution >= 4 is 21.8 Å². The van der Waals surface area contributed by atoms with Crippen LogP contribution >= 0.6 is 15.9 Å². The number of hydrogen-bond acceptors (Lipinski definition) is 1. The summed E-state index contributed by atoms with van der Waals surface area (Å²) in [5.41, 5.74) is 0. The molecule has 3 heteroatoms. The zero-order chi connectivity index (χ0) is 10.2. The van der Waals surface area contributed by atoms with E-state index in [9.17, 15) is 4.79 Å². The van der Waals surface area contributed by atoms with Crippen LogP contribution in [0, 0.1) is 5.92 Å². The summed E-state index contributed by atoms with van der Waals surface area (Å²) in [5, 5.41) is 3.30. The Bertz CT molecular complexity index is 167. The molecule has 0 aromatic rings. The predicted octanol–water partition coefficient (Wildman–Crippen LogP) is 2.86. The molecule has 1 amide bonds. The van der Waals surface area contributed by atoms with Crippen molar-refractivity contribution in [2.24, 2.45) is 5.92 Å². The van der Waals surface area contributed by atoms with Crippen molar-refractivity contribution in [1.82, 2.24) is 5.32 Å². The van der Waals surface area contributed by atoms with Crippen molar-refractivity contribution in [1.29, 1.82) is 0 Å². The summed E-state index contributed by atoms with van der Waals surface area (Å²) in [6.07, 6.45) is 9.52. The lowest BCUT2D eigenvalue weighted by Gasteiger charge is -2.08. The maximum atomic E-state index is 10.9. The summed E-state index contributed by atoms with van der Waals surface area (Å²) in [6, 6.07) is 0. The van der Waals surface area contributed by atoms with Gasteiger partial charge in [0.05, 0.1) is 5.33 Å². The molecule has 1 rings (SSSR count). The number of nitrogens with one attached hydrogen (secondary N) is 1. The first kappa shape index (κ1) is 12.0. The van der Waals surface area contributed by atoms with Gasteiger partial charge in [-0.25, -0.2) is 0 Å². The van der Waals surface area contributed by atoms with Gasteiger partial charge in [0.15, 0.2) is 0 Å². The molecule has 0 aliphatic heterocycles. The van der Waals surface area contributed by atoms with E-state index in [1.165, 1.54) is 38.5 Å². The number of rotatable bonds is 6. The van der Waals surface area contributed by atoms with Gasteiger partial charge < -0.3 is 5.32 Å². The first-order chi connectivity index (χ1) is 6.83. The summed E-state index contributed by atoms with van der Waals surface area (Å²) in [4.78, 5) is 10.9. The molecule has 0 unspecified atom stereocenters. The Morgan fingerprint density at radius 2 is 2.00 bits per heavy atom. The number of unbranched alkanes of at least 4 members (excludes halogenated alkanes) is 1. The monoisotopic (exact) mass is 261 g/mol. The van der Waals surface area contributed by atoms with Crippen LogP contribution in [0.4, 0.5) is 0 Å². The highest BCUT2D eigenvalue weighted by molar-refractivity contribution is 9.09. The highest BCUT2D eigenvalue weighted by Crippen LogP contribution is 2.28. The van der Waals surface area contributed by atoms with Crippen molar-refractivity contribution in [2.45, 2.75) is 44.9 Å². The topological polar surface area (TPSA) is 29.1 Å². The Morgan fingerprint density at radius 1 is 1.29 bits per heavy atom. The molecule has 0 spiro atoms. The molecule has 0 heterocycles. The van der Waals surface area contributed by atoms with E-state index in [-0.39, 0.29) is 5.91 Å². The number of amides is 1. The van der Waals surface area contributed by atoms with E-state index in [1.807, 2.05) is 0 Å². The molecule has 1 N–H and O–H groups in total. The molecule has 0 aromatic carbocycles. The van der Waals surface area contributed by atoms with Gasteiger partial charge >= 0.3 is 0 Å². The minimum absolute atomic E-state index is 0.103. The van der Waals surface area contributed by atoms with Crippen LogP contribution in [0.1, 0.15) is 44.9 Å². The zero-order valence-corrected chi connectivity index (χ0v) is 10.3. The third-order valence-corrected chi connectivity index (χ3v) is 3.47. The molecule has 14 heavy (non-hydrogen) atoms. The van der Waals surface area contributed by atoms with Gasteiger partial charge in [0.2, 0.25) is 5.91 Å². The number of hydrogen-bond donors (Lipinski definition) is 1. The van der Waals surface area contributed by atoms with Crippen LogP contribution in [0.3, 0.4) is 0 Å². The van der Waals surface area contributed by atoms with Crippen molar-refractivity contribution in [3.63, 3.8) is 0 Å². The van der Waals surface area contributed by atoms with E-state index >= 15 is 0 Å². The van der Waals surface area contributed by atoms with E-state index in [2.05, 4.69) is 21.2 Å². The number of carbonyl (C=O) groups excluding carboxylic acids is 1. The number of carbonyl (C=O) groups is 1. The Balaban J connectivity index is 1.86. The highest BCUT2D eigenvalue weighted by atomic mass is 79.9. The van der Waals surface area contributed by atoms with Gasteiger partial charge in [-0.05, 0) is 12.3 Å². The summed E-state index contributed by atoms with van der Waals surface area (Å²) < 4.78 is 0. The van der Waals surface area contributed by atoms with Gasteiger partial charge in [-0.1, -0.05) is 54.5 Å². The predicted molar refractivity (Wildman–Crippen MR) is 62.6 cm³/mol. The summed E-state index contributed by atoms with van der Waals surface area (Å²) in [7, 11) is 0. The van der Waals surface area contributed by atoms with Crippen LogP contribution in [0.2, 0.25) is 0 Å². The van der Waals surface area contributed by atoms with Gasteiger partial charge in [0.1, 0.15) is 0 Å². The molecule has 0 saturated heterocycles. The second-order valence-corrected chi connectivity index (χ2v) is 4.69. The Hall–Kier alpha value is -0.0500. The van der Waals surface area contributed by atoms with Gasteiger partial charge in [-0.2, -0.15) is 0 Å². The first-order valence-electron chi connectivity index (χ1n) is 5.65. The summed E-state index contributed by atoms with van der Waals surface area (Å²) in [6.45, 7) is 0.844. The second-order valence-electron chi connectivity index (χ2n) is 4.13. The van der Waals surface area contributed by atoms with Crippen LogP contribution < -0.4 is 5.32 Å². The molecule has 1 saturated carbocycles. The standard InChI is InChI=1S/C11H20BrNO/c12-9-11(14)13-8-4-3-7-10-5-1-2-6-10/h10H,1-9H2,(H,13,14). The lowest BCUT2D eigenvalue weighted by atomic mass is 10.0. The Kier molecular flexibility index (Phi) is 6.24. The van der Waals surface area contributed by atoms with Gasteiger partial charge in [-0.15, -0.1) is 0 Å². The van der Waals surface area contributed by atoms with Gasteiger partial charge in [0, 0.05) is 6.54 Å². The Morgan fingerprint density at radius 3 is 2.64 bits per heavy atom. The van der Waals surface area contributed by atoms with Crippen LogP contribution in [-0.4, -0.2) is 17.8 Å². The minimum atomic E-state index is 0.103. The van der Waals surface area contributed by atoms with Crippen molar-refractivity contribution in [3.8, 4) is 0 Å². The maximum Gasteiger partial charge on any atom is 0.230 e. The third kappa shape index (κ3) is 4.99. The lowest BCUT2D eigenvalue weighted by Crippen LogP contribution is -2.25. The molecule has 1 fully saturated rings. The molecule has 0 radical (unpaired) electrons. The molecule has 1 aliphatic carbocycles. The van der Waals surface area contributed by atoms with E-state index in [0.717, 1.165) is 18.9 Å². The highest BCUT2D eigenvalue weighted by Gasteiger charge is 2.13. The lowest BCUT2D eigenvalue weighted by molar-refractivity contribution is -0.118. The zero-order valence-electron chi connectivity index (χ0n) is 8.73. The van der Waals surface area contributed by atoms with Crippen LogP contribution in [-0.2, 0) is 4.79 Å². The quantitative estimate of drug-likeness (QED) is 0.578. The maximum absolute atomic E-state index is 10.9. The van der Waals surface area contributed by atoms with Crippen molar-refractivity contribution < 1.29 is 4.79 Å². The molecular weight excluding hydrogens is 242 g/mol. The second kappa shape index (κ2) is 7.27. The Labute approximate surface area is 95.0 Å². The smallest absolute Gasteiger partial charge is 0.230 e. The molecule has 2 nitrogen and oxygen atoms in total. The van der Waals surface area contributed by atoms with Crippen molar-refractivity contribution in [3.05, 3.63) is 0 Å². The fourth-order valence-electron chi connectivity index (χ4n) is 2.13. The SMILES string of the molecule is O=C(CBr)NCCCCC1CCCC1. The van der Waals surface area contributed by atoms with Gasteiger partial charge in [-0.3, -0.25) is 4.79 Å². The van der Waals surface area contributed by atoms with Crippen LogP contribution in [0.25, 0.3) is 0 Å². The van der Waals surface area contributed by atoms with Crippen LogP contribution in [0.15, 0.2) is 0 Å². The van der Waals surface area contributed by atoms with Crippen molar-refractivity contribution in [2.75, 3.05) is 11.9 Å². The third-order valence-electron chi connectivity index (χ3n) is 2.96. The fourth-order valence-corrected chi connectivity index (χ4v) is 2.33. The average molecular weight is 262 g/mol. The normalized spacial score (nSPS) is 17.2. The minimum Gasteiger partial charge on any atom is -0.355 e. The van der Waals surface area contributed by atoms with E-state index in [1.54, 1.807) is 0 Å². The molecule has 1 aliphatic rings. The number of halogens is 1. The van der Waals surface area contributed by atoms with E-state index < -0.39 is 0 Å². The van der Waals surface area contributed by atoms with Crippen LogP contribution in [0.5, 0.6) is 0 Å². The number of alkyl halides is 1. The molecular formula is C11H20BrNO. The summed E-state index contributed by atoms with van der Waals surface area (Å²) >= 11 is 3.13. The molecule has 0 atom stereocenters. The molecule has 0 aromatic heterocycles. The van der Waals surface area contributed by atoms with E-state index in [0.29, 0.717) is 5.33 Å². The molecule has 0 bridgehead atoms.